The van der Waals surface area contributed by atoms with Gasteiger partial charge in [-0.25, -0.2) is 0 Å². The lowest BCUT2D eigenvalue weighted by Crippen LogP contribution is -1.80. The highest BCUT2D eigenvalue weighted by molar-refractivity contribution is 7.20. The Hall–Kier alpha value is 0.170. The van der Waals surface area contributed by atoms with Gasteiger partial charge < -0.3 is 0 Å². The molecule has 0 aromatic heterocycles. The van der Waals surface area contributed by atoms with E-state index in [0.29, 0.717) is 0 Å². The quantitative estimate of drug-likeness (QED) is 0.342. The molecule has 0 saturated heterocycles. The van der Waals surface area contributed by atoms with Crippen LogP contribution in [0.4, 0.5) is 0 Å². The molecule has 0 spiro atoms. The molecule has 14 heavy (non-hydrogen) atoms. The fourth-order valence-electron chi connectivity index (χ4n) is 1.67. The lowest BCUT2D eigenvalue weighted by molar-refractivity contribution is 0.566. The molecule has 0 aliphatic heterocycles. The van der Waals surface area contributed by atoms with E-state index in [4.69, 9.17) is 0 Å². The van der Waals surface area contributed by atoms with Gasteiger partial charge in [-0.2, -0.15) is 0 Å². The van der Waals surface area contributed by atoms with E-state index in [0.717, 1.165) is 0 Å². The van der Waals surface area contributed by atoms with E-state index in [1.807, 2.05) is 0 Å². The van der Waals surface area contributed by atoms with Gasteiger partial charge in [0.1, 0.15) is 0 Å². The SMILES string of the molecule is CCCCCCCCCCC/C=C/P. The van der Waals surface area contributed by atoms with Crippen molar-refractivity contribution in [3.63, 3.8) is 0 Å². The summed E-state index contributed by atoms with van der Waals surface area (Å²) in [7, 11) is 2.63. The smallest absolute Gasteiger partial charge is 0.0347 e. The zero-order chi connectivity index (χ0) is 10.5. The van der Waals surface area contributed by atoms with Crippen LogP contribution < -0.4 is 0 Å². The molecule has 1 unspecified atom stereocenters. The number of hydrogen-bond acceptors (Lipinski definition) is 0. The third-order valence-electron chi connectivity index (χ3n) is 2.61. The summed E-state index contributed by atoms with van der Waals surface area (Å²) in [6.45, 7) is 2.28. The van der Waals surface area contributed by atoms with Crippen LogP contribution in [-0.2, 0) is 0 Å². The second-order valence-corrected chi connectivity index (χ2v) is 4.43. The van der Waals surface area contributed by atoms with Crippen molar-refractivity contribution in [3.05, 3.63) is 11.9 Å². The zero-order valence-corrected chi connectivity index (χ0v) is 11.0. The van der Waals surface area contributed by atoms with Crippen molar-refractivity contribution >= 4 is 9.24 Å². The Bertz CT molecular complexity index is 118. The van der Waals surface area contributed by atoms with E-state index in [-0.39, 0.29) is 0 Å². The molecule has 0 aromatic carbocycles. The van der Waals surface area contributed by atoms with Gasteiger partial charge in [-0.1, -0.05) is 70.2 Å². The topological polar surface area (TPSA) is 0 Å². The summed E-state index contributed by atoms with van der Waals surface area (Å²) in [6.07, 6.45) is 16.4. The van der Waals surface area contributed by atoms with Crippen molar-refractivity contribution < 1.29 is 0 Å². The molecule has 0 amide bonds. The van der Waals surface area contributed by atoms with Gasteiger partial charge in [0.15, 0.2) is 0 Å². The molecule has 0 aromatic rings. The molecule has 0 radical (unpaired) electrons. The molecule has 0 bridgehead atoms. The molecule has 84 valence electrons. The van der Waals surface area contributed by atoms with Crippen LogP contribution >= 0.6 is 9.24 Å². The Morgan fingerprint density at radius 3 is 1.79 bits per heavy atom. The van der Waals surface area contributed by atoms with E-state index in [1.165, 1.54) is 64.2 Å². The molecule has 0 heterocycles. The summed E-state index contributed by atoms with van der Waals surface area (Å²) in [5, 5.41) is 0. The van der Waals surface area contributed by atoms with Gasteiger partial charge in [0.2, 0.25) is 0 Å². The van der Waals surface area contributed by atoms with Crippen molar-refractivity contribution in [1.82, 2.24) is 0 Å². The molecular formula is C13H27P. The van der Waals surface area contributed by atoms with Gasteiger partial charge in [-0.15, -0.1) is 9.24 Å². The largest absolute Gasteiger partial charge is 0.114 e. The summed E-state index contributed by atoms with van der Waals surface area (Å²) in [4.78, 5) is 0. The average Bonchev–Trinajstić information content (AvgIpc) is 2.21. The van der Waals surface area contributed by atoms with Crippen LogP contribution in [0, 0.1) is 0 Å². The Labute approximate surface area is 92.8 Å². The summed E-state index contributed by atoms with van der Waals surface area (Å²) >= 11 is 0. The molecule has 0 aliphatic carbocycles. The Kier molecular flexibility index (Phi) is 13.3. The number of allylic oxidation sites excluding steroid dienone is 1. The van der Waals surface area contributed by atoms with Gasteiger partial charge in [-0.3, -0.25) is 0 Å². The van der Waals surface area contributed by atoms with Crippen LogP contribution in [0.2, 0.25) is 0 Å². The van der Waals surface area contributed by atoms with Crippen LogP contribution in [0.25, 0.3) is 0 Å². The fraction of sp³-hybridized carbons (Fsp3) is 0.846. The Morgan fingerprint density at radius 1 is 0.786 bits per heavy atom. The van der Waals surface area contributed by atoms with Crippen molar-refractivity contribution in [3.8, 4) is 0 Å². The Morgan fingerprint density at radius 2 is 1.29 bits per heavy atom. The van der Waals surface area contributed by atoms with Crippen molar-refractivity contribution in [2.45, 2.75) is 71.1 Å². The third-order valence-corrected chi connectivity index (χ3v) is 2.88. The average molecular weight is 214 g/mol. The molecule has 0 saturated carbocycles. The first kappa shape index (κ1) is 14.2. The standard InChI is InChI=1S/C13H27P/c1-2-3-4-5-6-7-8-9-10-11-12-13-14/h12-13H,2-11,14H2,1H3/b13-12+. The summed E-state index contributed by atoms with van der Waals surface area (Å²) in [6, 6.07) is 0. The lowest BCUT2D eigenvalue weighted by atomic mass is 10.1. The molecule has 0 fully saturated rings. The number of hydrogen-bond donors (Lipinski definition) is 0. The van der Waals surface area contributed by atoms with Gasteiger partial charge in [-0.05, 0) is 12.8 Å². The van der Waals surface area contributed by atoms with E-state index in [2.05, 4.69) is 28.1 Å². The summed E-state index contributed by atoms with van der Waals surface area (Å²) in [5.74, 6) is 2.07. The minimum atomic E-state index is 1.26. The first-order chi connectivity index (χ1) is 6.91. The van der Waals surface area contributed by atoms with Crippen molar-refractivity contribution in [2.24, 2.45) is 0 Å². The normalized spacial score (nSPS) is 11.3. The molecule has 1 atom stereocenters. The van der Waals surface area contributed by atoms with Crippen LogP contribution in [-0.4, -0.2) is 0 Å². The predicted molar refractivity (Wildman–Crippen MR) is 70.7 cm³/mol. The maximum atomic E-state index is 2.63. The van der Waals surface area contributed by atoms with Gasteiger partial charge >= 0.3 is 0 Å². The predicted octanol–water partition coefficient (Wildman–Crippen LogP) is 5.30. The van der Waals surface area contributed by atoms with E-state index in [9.17, 15) is 0 Å². The molecule has 0 N–H and O–H groups in total. The number of unbranched alkanes of at least 4 members (excludes halogenated alkanes) is 9. The molecule has 0 nitrogen and oxygen atoms in total. The monoisotopic (exact) mass is 214 g/mol. The first-order valence-electron chi connectivity index (χ1n) is 6.28. The Balaban J connectivity index is 2.85. The van der Waals surface area contributed by atoms with Crippen molar-refractivity contribution in [2.75, 3.05) is 0 Å². The molecule has 1 heteroatoms. The zero-order valence-electron chi connectivity index (χ0n) is 9.80. The van der Waals surface area contributed by atoms with E-state index in [1.54, 1.807) is 0 Å². The number of rotatable bonds is 10. The van der Waals surface area contributed by atoms with Gasteiger partial charge in [0, 0.05) is 0 Å². The maximum absolute atomic E-state index is 2.63. The maximum Gasteiger partial charge on any atom is -0.0347 e. The minimum Gasteiger partial charge on any atom is -0.114 e. The van der Waals surface area contributed by atoms with Gasteiger partial charge in [0.05, 0.1) is 0 Å². The summed E-state index contributed by atoms with van der Waals surface area (Å²) in [5.41, 5.74) is 0. The second-order valence-electron chi connectivity index (χ2n) is 4.05. The highest BCUT2D eigenvalue weighted by Crippen LogP contribution is 2.10. The van der Waals surface area contributed by atoms with Crippen LogP contribution in [0.5, 0.6) is 0 Å². The van der Waals surface area contributed by atoms with Crippen LogP contribution in [0.3, 0.4) is 0 Å². The highest BCUT2D eigenvalue weighted by atomic mass is 31.0. The molecular weight excluding hydrogens is 187 g/mol. The first-order valence-corrected chi connectivity index (χ1v) is 6.95. The fourth-order valence-corrected chi connectivity index (χ4v) is 1.86. The van der Waals surface area contributed by atoms with E-state index < -0.39 is 0 Å². The van der Waals surface area contributed by atoms with Crippen molar-refractivity contribution in [1.29, 1.82) is 0 Å². The van der Waals surface area contributed by atoms with E-state index >= 15 is 0 Å². The third kappa shape index (κ3) is 12.2. The second kappa shape index (κ2) is 13.2. The molecule has 0 aliphatic rings. The minimum absolute atomic E-state index is 1.26. The molecule has 0 rings (SSSR count). The van der Waals surface area contributed by atoms with Crippen LogP contribution in [0.15, 0.2) is 11.9 Å². The lowest BCUT2D eigenvalue weighted by Gasteiger charge is -2.00. The summed E-state index contributed by atoms with van der Waals surface area (Å²) < 4.78 is 0. The highest BCUT2D eigenvalue weighted by Gasteiger charge is 1.90. The van der Waals surface area contributed by atoms with Gasteiger partial charge in [0.25, 0.3) is 0 Å². The van der Waals surface area contributed by atoms with Crippen LogP contribution in [0.1, 0.15) is 71.1 Å².